The average Bonchev–Trinajstić information content (AvgIpc) is 2.78. The zero-order chi connectivity index (χ0) is 22.2. The van der Waals surface area contributed by atoms with E-state index in [0.29, 0.717) is 45.9 Å². The molecule has 0 unspecified atom stereocenters. The van der Waals surface area contributed by atoms with Gasteiger partial charge in [-0.25, -0.2) is 0 Å². The van der Waals surface area contributed by atoms with Crippen molar-refractivity contribution in [2.45, 2.75) is 13.5 Å². The zero-order valence-electron chi connectivity index (χ0n) is 17.6. The molecule has 0 radical (unpaired) electrons. The lowest BCUT2D eigenvalue weighted by atomic mass is 10.1. The predicted molar refractivity (Wildman–Crippen MR) is 121 cm³/mol. The fourth-order valence-corrected chi connectivity index (χ4v) is 3.15. The molecule has 7 heteroatoms. The Hall–Kier alpha value is -3.38. The maximum absolute atomic E-state index is 12.8. The highest BCUT2D eigenvalue weighted by atomic mass is 35.5. The Kier molecular flexibility index (Phi) is 7.62. The fourth-order valence-electron chi connectivity index (χ4n) is 2.96. The third-order valence-electron chi connectivity index (χ3n) is 4.45. The van der Waals surface area contributed by atoms with E-state index in [4.69, 9.17) is 30.5 Å². The summed E-state index contributed by atoms with van der Waals surface area (Å²) in [5.41, 5.74) is 1.82. The molecule has 0 aliphatic carbocycles. The third kappa shape index (κ3) is 5.83. The predicted octanol–water partition coefficient (Wildman–Crippen LogP) is 5.59. The van der Waals surface area contributed by atoms with Gasteiger partial charge >= 0.3 is 0 Å². The van der Waals surface area contributed by atoms with Gasteiger partial charge in [0.1, 0.15) is 18.1 Å². The Balaban J connectivity index is 1.79. The minimum Gasteiger partial charge on any atom is -0.493 e. The number of benzene rings is 3. The van der Waals surface area contributed by atoms with Gasteiger partial charge in [0.05, 0.1) is 20.8 Å². The molecule has 0 bridgehead atoms. The number of carbonyl (C=O) groups is 1. The number of anilines is 1. The van der Waals surface area contributed by atoms with Gasteiger partial charge in [0, 0.05) is 27.9 Å². The van der Waals surface area contributed by atoms with E-state index in [9.17, 15) is 4.79 Å². The molecule has 0 spiro atoms. The first-order valence-corrected chi connectivity index (χ1v) is 10.1. The van der Waals surface area contributed by atoms with Gasteiger partial charge in [0.2, 0.25) is 0 Å². The number of hydrogen-bond donors (Lipinski definition) is 1. The second kappa shape index (κ2) is 10.6. The number of nitrogens with one attached hydrogen (secondary N) is 1. The SMILES string of the molecule is CCOc1ccc(C(=O)Nc2ccc(OC)c(OC)c2)cc1COc1cccc(Cl)c1. The van der Waals surface area contributed by atoms with Crippen molar-refractivity contribution in [1.82, 2.24) is 0 Å². The molecule has 0 heterocycles. The van der Waals surface area contributed by atoms with Crippen molar-refractivity contribution < 1.29 is 23.7 Å². The van der Waals surface area contributed by atoms with Crippen LogP contribution in [-0.2, 0) is 6.61 Å². The third-order valence-corrected chi connectivity index (χ3v) is 4.69. The average molecular weight is 442 g/mol. The molecule has 3 rings (SSSR count). The lowest BCUT2D eigenvalue weighted by Crippen LogP contribution is -2.13. The molecular weight excluding hydrogens is 418 g/mol. The quantitative estimate of drug-likeness (QED) is 0.469. The van der Waals surface area contributed by atoms with Crippen LogP contribution in [0.1, 0.15) is 22.8 Å². The van der Waals surface area contributed by atoms with Crippen LogP contribution >= 0.6 is 11.6 Å². The van der Waals surface area contributed by atoms with Gasteiger partial charge in [0.25, 0.3) is 5.91 Å². The Labute approximate surface area is 186 Å². The van der Waals surface area contributed by atoms with E-state index in [1.54, 1.807) is 62.8 Å². The van der Waals surface area contributed by atoms with Crippen LogP contribution in [0.15, 0.2) is 60.7 Å². The summed E-state index contributed by atoms with van der Waals surface area (Å²) in [6.45, 7) is 2.63. The van der Waals surface area contributed by atoms with Crippen LogP contribution in [0.3, 0.4) is 0 Å². The van der Waals surface area contributed by atoms with Crippen molar-refractivity contribution >= 4 is 23.2 Å². The largest absolute Gasteiger partial charge is 0.493 e. The molecule has 162 valence electrons. The van der Waals surface area contributed by atoms with Crippen molar-refractivity contribution in [2.24, 2.45) is 0 Å². The molecule has 31 heavy (non-hydrogen) atoms. The van der Waals surface area contributed by atoms with Gasteiger partial charge in [-0.3, -0.25) is 4.79 Å². The molecule has 0 atom stereocenters. The smallest absolute Gasteiger partial charge is 0.255 e. The molecule has 0 aromatic heterocycles. The molecule has 1 N–H and O–H groups in total. The summed E-state index contributed by atoms with van der Waals surface area (Å²) in [6, 6.07) is 17.6. The fraction of sp³-hybridized carbons (Fsp3) is 0.208. The number of ether oxygens (including phenoxy) is 4. The van der Waals surface area contributed by atoms with E-state index in [1.807, 2.05) is 19.1 Å². The molecular formula is C24H24ClNO5. The van der Waals surface area contributed by atoms with Gasteiger partial charge in [-0.05, 0) is 55.5 Å². The summed E-state index contributed by atoms with van der Waals surface area (Å²) in [7, 11) is 3.10. The van der Waals surface area contributed by atoms with E-state index >= 15 is 0 Å². The number of methoxy groups -OCH3 is 2. The summed E-state index contributed by atoms with van der Waals surface area (Å²) in [4.78, 5) is 12.8. The molecule has 3 aromatic rings. The minimum atomic E-state index is -0.265. The Bertz CT molecular complexity index is 1050. The molecule has 6 nitrogen and oxygen atoms in total. The van der Waals surface area contributed by atoms with Crippen LogP contribution in [0.2, 0.25) is 5.02 Å². The van der Waals surface area contributed by atoms with E-state index in [0.717, 1.165) is 5.56 Å². The molecule has 0 aliphatic rings. The second-order valence-electron chi connectivity index (χ2n) is 6.53. The van der Waals surface area contributed by atoms with Crippen LogP contribution < -0.4 is 24.3 Å². The van der Waals surface area contributed by atoms with E-state index in [1.165, 1.54) is 0 Å². The number of carbonyl (C=O) groups excluding carboxylic acids is 1. The molecule has 0 fully saturated rings. The summed E-state index contributed by atoms with van der Waals surface area (Å²) >= 11 is 6.02. The van der Waals surface area contributed by atoms with Crippen molar-refractivity contribution in [3.05, 3.63) is 76.8 Å². The summed E-state index contributed by atoms with van der Waals surface area (Å²) in [5.74, 6) is 2.14. The van der Waals surface area contributed by atoms with Gasteiger partial charge in [-0.1, -0.05) is 17.7 Å². The van der Waals surface area contributed by atoms with E-state index in [2.05, 4.69) is 5.32 Å². The highest BCUT2D eigenvalue weighted by molar-refractivity contribution is 6.30. The maximum Gasteiger partial charge on any atom is 0.255 e. The lowest BCUT2D eigenvalue weighted by Gasteiger charge is -2.14. The summed E-state index contributed by atoms with van der Waals surface area (Å²) in [6.07, 6.45) is 0. The van der Waals surface area contributed by atoms with Gasteiger partial charge < -0.3 is 24.3 Å². The highest BCUT2D eigenvalue weighted by Gasteiger charge is 2.13. The topological polar surface area (TPSA) is 66.0 Å². The Morgan fingerprint density at radius 2 is 1.68 bits per heavy atom. The minimum absolute atomic E-state index is 0.229. The molecule has 3 aromatic carbocycles. The second-order valence-corrected chi connectivity index (χ2v) is 6.96. The van der Waals surface area contributed by atoms with Crippen molar-refractivity contribution in [3.63, 3.8) is 0 Å². The van der Waals surface area contributed by atoms with Crippen LogP contribution in [-0.4, -0.2) is 26.7 Å². The number of halogens is 1. The van der Waals surface area contributed by atoms with Crippen LogP contribution in [0.25, 0.3) is 0 Å². The zero-order valence-corrected chi connectivity index (χ0v) is 18.4. The van der Waals surface area contributed by atoms with Gasteiger partial charge in [0.15, 0.2) is 11.5 Å². The first-order chi connectivity index (χ1) is 15.0. The number of rotatable bonds is 9. The Morgan fingerprint density at radius 1 is 0.903 bits per heavy atom. The summed E-state index contributed by atoms with van der Waals surface area (Å²) < 4.78 is 22.1. The van der Waals surface area contributed by atoms with E-state index in [-0.39, 0.29) is 12.5 Å². The number of amides is 1. The van der Waals surface area contributed by atoms with Gasteiger partial charge in [-0.2, -0.15) is 0 Å². The van der Waals surface area contributed by atoms with Crippen LogP contribution in [0.4, 0.5) is 5.69 Å². The monoisotopic (exact) mass is 441 g/mol. The standard InChI is InChI=1S/C24H24ClNO5/c1-4-30-21-10-8-16(12-17(21)15-31-20-7-5-6-18(25)13-20)24(27)26-19-9-11-22(28-2)23(14-19)29-3/h5-14H,4,15H2,1-3H3,(H,26,27). The highest BCUT2D eigenvalue weighted by Crippen LogP contribution is 2.30. The number of hydrogen-bond acceptors (Lipinski definition) is 5. The van der Waals surface area contributed by atoms with E-state index < -0.39 is 0 Å². The molecule has 1 amide bonds. The van der Waals surface area contributed by atoms with Crippen LogP contribution in [0.5, 0.6) is 23.0 Å². The first-order valence-electron chi connectivity index (χ1n) is 9.71. The maximum atomic E-state index is 12.8. The molecule has 0 aliphatic heterocycles. The lowest BCUT2D eigenvalue weighted by molar-refractivity contribution is 0.102. The summed E-state index contributed by atoms with van der Waals surface area (Å²) in [5, 5.41) is 3.46. The molecule has 0 saturated carbocycles. The first kappa shape index (κ1) is 22.3. The van der Waals surface area contributed by atoms with Gasteiger partial charge in [-0.15, -0.1) is 0 Å². The Morgan fingerprint density at radius 3 is 2.39 bits per heavy atom. The normalized spacial score (nSPS) is 10.3. The van der Waals surface area contributed by atoms with Crippen molar-refractivity contribution in [1.29, 1.82) is 0 Å². The molecule has 0 saturated heterocycles. The van der Waals surface area contributed by atoms with Crippen molar-refractivity contribution in [2.75, 3.05) is 26.1 Å². The van der Waals surface area contributed by atoms with Crippen LogP contribution in [0, 0.1) is 0 Å². The van der Waals surface area contributed by atoms with Crippen molar-refractivity contribution in [3.8, 4) is 23.0 Å².